The molecule has 1 N–H and O–H groups in total. The number of nitrogens with one attached hydrogen (secondary N) is 1. The first kappa shape index (κ1) is 20.0. The summed E-state index contributed by atoms with van der Waals surface area (Å²) in [6.07, 6.45) is 4.01. The van der Waals surface area contributed by atoms with Gasteiger partial charge in [0, 0.05) is 38.6 Å². The summed E-state index contributed by atoms with van der Waals surface area (Å²) < 4.78 is 1.81. The molecule has 0 radical (unpaired) electrons. The second-order valence-electron chi connectivity index (χ2n) is 7.14. The van der Waals surface area contributed by atoms with Crippen LogP contribution < -0.4 is 5.32 Å². The van der Waals surface area contributed by atoms with Crippen LogP contribution in [0, 0.1) is 5.92 Å². The van der Waals surface area contributed by atoms with Gasteiger partial charge in [-0.1, -0.05) is 26.0 Å². The normalized spacial score (nSPS) is 16.0. The molecule has 0 saturated carbocycles. The number of para-hydroxylation sites is 1. The van der Waals surface area contributed by atoms with Crippen LogP contribution in [0.2, 0.25) is 0 Å². The summed E-state index contributed by atoms with van der Waals surface area (Å²) >= 11 is 0. The quantitative estimate of drug-likeness (QED) is 0.786. The minimum absolute atomic E-state index is 0.0315. The fourth-order valence-corrected chi connectivity index (χ4v) is 3.16. The number of benzene rings is 1. The van der Waals surface area contributed by atoms with Gasteiger partial charge in [0.1, 0.15) is 12.7 Å². The third-order valence-electron chi connectivity index (χ3n) is 5.25. The number of amides is 2. The van der Waals surface area contributed by atoms with E-state index in [1.807, 2.05) is 35.6 Å². The van der Waals surface area contributed by atoms with Crippen LogP contribution in [0.3, 0.4) is 0 Å². The molecule has 0 bridgehead atoms. The summed E-state index contributed by atoms with van der Waals surface area (Å²) in [6.45, 7) is 8.52. The first-order chi connectivity index (χ1) is 13.6. The summed E-state index contributed by atoms with van der Waals surface area (Å²) in [7, 11) is 0. The SMILES string of the molecule is CCC(C)C(=O)Nc1ccccc1C(=O)N1CCN(CCn2cncn2)CC1. The van der Waals surface area contributed by atoms with E-state index in [1.165, 1.54) is 6.33 Å². The van der Waals surface area contributed by atoms with Crippen molar-refractivity contribution >= 4 is 17.5 Å². The van der Waals surface area contributed by atoms with E-state index in [9.17, 15) is 9.59 Å². The molecule has 1 unspecified atom stereocenters. The first-order valence-electron chi connectivity index (χ1n) is 9.82. The van der Waals surface area contributed by atoms with Crippen molar-refractivity contribution in [2.24, 2.45) is 5.92 Å². The molecule has 1 aromatic heterocycles. The number of nitrogens with zero attached hydrogens (tertiary/aromatic N) is 5. The number of piperazine rings is 1. The summed E-state index contributed by atoms with van der Waals surface area (Å²) in [4.78, 5) is 33.4. The van der Waals surface area contributed by atoms with Crippen molar-refractivity contribution in [2.45, 2.75) is 26.8 Å². The smallest absolute Gasteiger partial charge is 0.256 e. The maximum absolute atomic E-state index is 13.0. The maximum Gasteiger partial charge on any atom is 0.256 e. The van der Waals surface area contributed by atoms with Gasteiger partial charge in [0.05, 0.1) is 17.8 Å². The molecule has 28 heavy (non-hydrogen) atoms. The van der Waals surface area contributed by atoms with Gasteiger partial charge in [0.25, 0.3) is 5.91 Å². The van der Waals surface area contributed by atoms with Crippen molar-refractivity contribution in [1.82, 2.24) is 24.6 Å². The van der Waals surface area contributed by atoms with E-state index in [4.69, 9.17) is 0 Å². The number of hydrogen-bond donors (Lipinski definition) is 1. The van der Waals surface area contributed by atoms with E-state index >= 15 is 0 Å². The fraction of sp³-hybridized carbons (Fsp3) is 0.500. The highest BCUT2D eigenvalue weighted by Crippen LogP contribution is 2.19. The number of hydrogen-bond acceptors (Lipinski definition) is 5. The predicted molar refractivity (Wildman–Crippen MR) is 107 cm³/mol. The fourth-order valence-electron chi connectivity index (χ4n) is 3.16. The minimum Gasteiger partial charge on any atom is -0.336 e. The van der Waals surface area contributed by atoms with Crippen LogP contribution in [0.4, 0.5) is 5.69 Å². The van der Waals surface area contributed by atoms with Gasteiger partial charge in [-0.25, -0.2) is 4.98 Å². The molecule has 2 aromatic rings. The molecule has 1 saturated heterocycles. The zero-order valence-corrected chi connectivity index (χ0v) is 16.5. The van der Waals surface area contributed by atoms with Crippen molar-refractivity contribution in [1.29, 1.82) is 0 Å². The van der Waals surface area contributed by atoms with Crippen LogP contribution in [0.1, 0.15) is 30.6 Å². The van der Waals surface area contributed by atoms with Gasteiger partial charge in [-0.05, 0) is 18.6 Å². The van der Waals surface area contributed by atoms with Crippen LogP contribution >= 0.6 is 0 Å². The average molecular weight is 384 g/mol. The van der Waals surface area contributed by atoms with E-state index in [0.29, 0.717) is 24.3 Å². The molecular formula is C20H28N6O2. The van der Waals surface area contributed by atoms with Crippen molar-refractivity contribution in [3.8, 4) is 0 Å². The largest absolute Gasteiger partial charge is 0.336 e. The summed E-state index contributed by atoms with van der Waals surface area (Å²) in [6, 6.07) is 7.25. The standard InChI is InChI=1S/C20H28N6O2/c1-3-16(2)19(27)23-18-7-5-4-6-17(18)20(28)25-11-8-24(9-12-25)10-13-26-15-21-14-22-26/h4-7,14-16H,3,8-13H2,1-2H3,(H,23,27). The Morgan fingerprint density at radius 1 is 1.14 bits per heavy atom. The molecule has 8 heteroatoms. The summed E-state index contributed by atoms with van der Waals surface area (Å²) in [5, 5.41) is 7.03. The summed E-state index contributed by atoms with van der Waals surface area (Å²) in [5.74, 6) is -0.173. The molecule has 1 aliphatic heterocycles. The van der Waals surface area contributed by atoms with Crippen LogP contribution in [0.5, 0.6) is 0 Å². The lowest BCUT2D eigenvalue weighted by atomic mass is 10.1. The third-order valence-corrected chi connectivity index (χ3v) is 5.25. The van der Waals surface area contributed by atoms with Gasteiger partial charge in [-0.3, -0.25) is 19.2 Å². The molecule has 3 rings (SSSR count). The topological polar surface area (TPSA) is 83.4 Å². The predicted octanol–water partition coefficient (Wildman–Crippen LogP) is 1.72. The number of rotatable bonds is 7. The highest BCUT2D eigenvalue weighted by Gasteiger charge is 2.24. The van der Waals surface area contributed by atoms with E-state index in [2.05, 4.69) is 20.3 Å². The molecule has 2 heterocycles. The highest BCUT2D eigenvalue weighted by molar-refractivity contribution is 6.04. The van der Waals surface area contributed by atoms with Crippen LogP contribution in [-0.2, 0) is 11.3 Å². The Kier molecular flexibility index (Phi) is 6.76. The Balaban J connectivity index is 1.57. The number of anilines is 1. The molecule has 0 spiro atoms. The molecular weight excluding hydrogens is 356 g/mol. The van der Waals surface area contributed by atoms with Crippen LogP contribution in [-0.4, -0.2) is 69.1 Å². The molecule has 1 atom stereocenters. The third kappa shape index (κ3) is 4.95. The number of carbonyl (C=O) groups excluding carboxylic acids is 2. The second kappa shape index (κ2) is 9.45. The van der Waals surface area contributed by atoms with E-state index in [1.54, 1.807) is 18.5 Å². The lowest BCUT2D eigenvalue weighted by molar-refractivity contribution is -0.119. The Morgan fingerprint density at radius 3 is 2.57 bits per heavy atom. The molecule has 0 aliphatic carbocycles. The van der Waals surface area contributed by atoms with Gasteiger partial charge in [-0.15, -0.1) is 0 Å². The van der Waals surface area contributed by atoms with Gasteiger partial charge in [0.15, 0.2) is 0 Å². The molecule has 2 amide bonds. The lowest BCUT2D eigenvalue weighted by Crippen LogP contribution is -2.49. The second-order valence-corrected chi connectivity index (χ2v) is 7.14. The summed E-state index contributed by atoms with van der Waals surface area (Å²) in [5.41, 5.74) is 1.14. The zero-order valence-electron chi connectivity index (χ0n) is 16.5. The van der Waals surface area contributed by atoms with E-state index < -0.39 is 0 Å². The number of carbonyl (C=O) groups is 2. The maximum atomic E-state index is 13.0. The zero-order chi connectivity index (χ0) is 19.9. The van der Waals surface area contributed by atoms with Gasteiger partial charge >= 0.3 is 0 Å². The monoisotopic (exact) mass is 384 g/mol. The van der Waals surface area contributed by atoms with E-state index in [0.717, 1.165) is 32.6 Å². The van der Waals surface area contributed by atoms with Crippen molar-refractivity contribution < 1.29 is 9.59 Å². The minimum atomic E-state index is -0.0864. The van der Waals surface area contributed by atoms with Crippen LogP contribution in [0.15, 0.2) is 36.9 Å². The molecule has 1 fully saturated rings. The van der Waals surface area contributed by atoms with Crippen LogP contribution in [0.25, 0.3) is 0 Å². The Hall–Kier alpha value is -2.74. The van der Waals surface area contributed by atoms with Gasteiger partial charge in [0.2, 0.25) is 5.91 Å². The van der Waals surface area contributed by atoms with Crippen molar-refractivity contribution in [3.05, 3.63) is 42.5 Å². The molecule has 150 valence electrons. The van der Waals surface area contributed by atoms with E-state index in [-0.39, 0.29) is 17.7 Å². The van der Waals surface area contributed by atoms with Crippen molar-refractivity contribution in [3.63, 3.8) is 0 Å². The Labute approximate surface area is 165 Å². The highest BCUT2D eigenvalue weighted by atomic mass is 16.2. The molecule has 1 aromatic carbocycles. The van der Waals surface area contributed by atoms with Gasteiger partial charge in [-0.2, -0.15) is 5.10 Å². The first-order valence-corrected chi connectivity index (χ1v) is 9.82. The Morgan fingerprint density at radius 2 is 1.89 bits per heavy atom. The van der Waals surface area contributed by atoms with Gasteiger partial charge < -0.3 is 10.2 Å². The molecule has 8 nitrogen and oxygen atoms in total. The van der Waals surface area contributed by atoms with Crippen molar-refractivity contribution in [2.75, 3.05) is 38.0 Å². The number of aromatic nitrogens is 3. The lowest BCUT2D eigenvalue weighted by Gasteiger charge is -2.35. The average Bonchev–Trinajstić information content (AvgIpc) is 3.25. The Bertz CT molecular complexity index is 784. The molecule has 1 aliphatic rings.